The summed E-state index contributed by atoms with van der Waals surface area (Å²) < 4.78 is 37.1. The van der Waals surface area contributed by atoms with Gasteiger partial charge in [0.2, 0.25) is 11.9 Å². The normalized spacial score (nSPS) is 11.6. The highest BCUT2D eigenvalue weighted by molar-refractivity contribution is 5.95. The summed E-state index contributed by atoms with van der Waals surface area (Å²) in [5.41, 5.74) is 5.93. The van der Waals surface area contributed by atoms with Crippen LogP contribution in [0.1, 0.15) is 11.4 Å². The van der Waals surface area contributed by atoms with E-state index in [9.17, 15) is 23.2 Å². The fourth-order valence-electron chi connectivity index (χ4n) is 1.92. The van der Waals surface area contributed by atoms with E-state index in [1.165, 1.54) is 30.3 Å². The summed E-state index contributed by atoms with van der Waals surface area (Å²) >= 11 is 0. The van der Waals surface area contributed by atoms with E-state index in [2.05, 4.69) is 15.0 Å². The molecule has 0 unspecified atom stereocenters. The highest BCUT2D eigenvalue weighted by atomic mass is 19.4. The summed E-state index contributed by atoms with van der Waals surface area (Å²) in [6, 6.07) is 7.45. The van der Waals surface area contributed by atoms with E-state index >= 15 is 0 Å². The third-order valence-electron chi connectivity index (χ3n) is 3.12. The second-order valence-corrected chi connectivity index (χ2v) is 5.46. The maximum Gasteiger partial charge on any atom is 0.471 e. The largest absolute Gasteiger partial charge is 0.471 e. The Balaban J connectivity index is 2.38. The Kier molecular flexibility index (Phi) is 5.60. The van der Waals surface area contributed by atoms with Gasteiger partial charge in [-0.1, -0.05) is 12.1 Å². The number of halogens is 3. The molecule has 1 amide bonds. The first-order valence-electron chi connectivity index (χ1n) is 7.39. The lowest BCUT2D eigenvalue weighted by molar-refractivity contribution is -0.167. The molecule has 1 aromatic carbocycles. The average molecular weight is 377 g/mol. The number of rotatable bonds is 4. The minimum atomic E-state index is -5.01. The molecular weight excluding hydrogens is 363 g/mol. The third-order valence-corrected chi connectivity index (χ3v) is 3.12. The van der Waals surface area contributed by atoms with E-state index in [1.807, 2.05) is 6.07 Å². The number of aromatic nitrogens is 3. The summed E-state index contributed by atoms with van der Waals surface area (Å²) in [4.78, 5) is 24.5. The number of nitrogens with two attached hydrogens (primary N) is 1. The van der Waals surface area contributed by atoms with Crippen LogP contribution in [0.4, 0.5) is 30.8 Å². The summed E-state index contributed by atoms with van der Waals surface area (Å²) in [6.07, 6.45) is -3.65. The molecule has 0 aliphatic heterocycles. The number of alkyl halides is 3. The lowest BCUT2D eigenvalue weighted by atomic mass is 10.1. The van der Waals surface area contributed by atoms with Crippen LogP contribution in [0.5, 0.6) is 0 Å². The van der Waals surface area contributed by atoms with Gasteiger partial charge < -0.3 is 16.0 Å². The van der Waals surface area contributed by atoms with E-state index in [0.29, 0.717) is 5.56 Å². The SMILES string of the molecule is CN(C)c1nc(N)nc(/C(C#N)=C/c2cccc(NC(=O)C(F)(F)F)c2)n1. The molecule has 1 aromatic heterocycles. The summed E-state index contributed by atoms with van der Waals surface area (Å²) in [5, 5.41) is 11.1. The Morgan fingerprint density at radius 3 is 2.59 bits per heavy atom. The second-order valence-electron chi connectivity index (χ2n) is 5.46. The minimum Gasteiger partial charge on any atom is -0.368 e. The maximum absolute atomic E-state index is 12.4. The zero-order valence-electron chi connectivity index (χ0n) is 14.2. The zero-order chi connectivity index (χ0) is 20.2. The van der Waals surface area contributed by atoms with Crippen molar-refractivity contribution in [1.82, 2.24) is 15.0 Å². The van der Waals surface area contributed by atoms with Crippen LogP contribution in [0.3, 0.4) is 0 Å². The van der Waals surface area contributed by atoms with Crippen molar-refractivity contribution in [3.63, 3.8) is 0 Å². The Morgan fingerprint density at radius 2 is 2.00 bits per heavy atom. The number of anilines is 3. The Labute approximate surface area is 152 Å². The molecule has 0 radical (unpaired) electrons. The number of benzene rings is 1. The van der Waals surface area contributed by atoms with Crippen molar-refractivity contribution < 1.29 is 18.0 Å². The molecule has 8 nitrogen and oxygen atoms in total. The van der Waals surface area contributed by atoms with Gasteiger partial charge >= 0.3 is 12.1 Å². The molecule has 140 valence electrons. The minimum absolute atomic E-state index is 0.0124. The van der Waals surface area contributed by atoms with E-state index in [-0.39, 0.29) is 29.0 Å². The van der Waals surface area contributed by atoms with Crippen molar-refractivity contribution >= 4 is 35.1 Å². The molecule has 2 aromatic rings. The molecule has 0 bridgehead atoms. The number of allylic oxidation sites excluding steroid dienone is 1. The molecule has 27 heavy (non-hydrogen) atoms. The van der Waals surface area contributed by atoms with Crippen LogP contribution in [-0.2, 0) is 4.79 Å². The van der Waals surface area contributed by atoms with Gasteiger partial charge in [0, 0.05) is 19.8 Å². The van der Waals surface area contributed by atoms with Crippen molar-refractivity contribution in [2.45, 2.75) is 6.18 Å². The van der Waals surface area contributed by atoms with Crippen molar-refractivity contribution in [2.24, 2.45) is 0 Å². The number of carbonyl (C=O) groups is 1. The number of nitrogens with zero attached hydrogens (tertiary/aromatic N) is 5. The number of hydrogen-bond acceptors (Lipinski definition) is 7. The highest BCUT2D eigenvalue weighted by Gasteiger charge is 2.38. The van der Waals surface area contributed by atoms with Gasteiger partial charge in [0.25, 0.3) is 0 Å². The first-order valence-corrected chi connectivity index (χ1v) is 7.39. The van der Waals surface area contributed by atoms with Gasteiger partial charge in [0.1, 0.15) is 6.07 Å². The summed E-state index contributed by atoms with van der Waals surface area (Å²) in [6.45, 7) is 0. The van der Waals surface area contributed by atoms with Gasteiger partial charge in [-0.15, -0.1) is 0 Å². The molecule has 0 saturated carbocycles. The lowest BCUT2D eigenvalue weighted by Gasteiger charge is -2.11. The van der Waals surface area contributed by atoms with Crippen molar-refractivity contribution in [3.05, 3.63) is 35.7 Å². The van der Waals surface area contributed by atoms with Gasteiger partial charge in [-0.3, -0.25) is 4.79 Å². The molecule has 0 saturated heterocycles. The first kappa shape index (κ1) is 19.6. The number of nitrogens with one attached hydrogen (secondary N) is 1. The molecule has 0 aliphatic rings. The molecule has 1 heterocycles. The fourth-order valence-corrected chi connectivity index (χ4v) is 1.92. The second kappa shape index (κ2) is 7.69. The van der Waals surface area contributed by atoms with Crippen LogP contribution >= 0.6 is 0 Å². The van der Waals surface area contributed by atoms with E-state index in [4.69, 9.17) is 5.73 Å². The first-order chi connectivity index (χ1) is 12.6. The highest BCUT2D eigenvalue weighted by Crippen LogP contribution is 2.21. The number of hydrogen-bond donors (Lipinski definition) is 2. The fraction of sp³-hybridized carbons (Fsp3) is 0.188. The lowest BCUT2D eigenvalue weighted by Crippen LogP contribution is -2.29. The molecule has 11 heteroatoms. The number of amides is 1. The van der Waals surface area contributed by atoms with E-state index in [1.54, 1.807) is 24.3 Å². The molecule has 2 rings (SSSR count). The monoisotopic (exact) mass is 377 g/mol. The molecule has 3 N–H and O–H groups in total. The number of nitriles is 1. The molecule has 0 spiro atoms. The van der Waals surface area contributed by atoms with Gasteiger partial charge in [-0.05, 0) is 23.8 Å². The van der Waals surface area contributed by atoms with Gasteiger partial charge in [-0.25, -0.2) is 0 Å². The zero-order valence-corrected chi connectivity index (χ0v) is 14.2. The average Bonchev–Trinajstić information content (AvgIpc) is 2.58. The Hall–Kier alpha value is -3.68. The number of nitrogen functional groups attached to an aromatic ring is 1. The number of carbonyl (C=O) groups excluding carboxylic acids is 1. The van der Waals surface area contributed by atoms with Crippen molar-refractivity contribution in [2.75, 3.05) is 30.0 Å². The Morgan fingerprint density at radius 1 is 1.30 bits per heavy atom. The van der Waals surface area contributed by atoms with Crippen molar-refractivity contribution in [3.8, 4) is 6.07 Å². The van der Waals surface area contributed by atoms with Crippen LogP contribution in [0.25, 0.3) is 11.6 Å². The van der Waals surface area contributed by atoms with Gasteiger partial charge in [-0.2, -0.15) is 33.4 Å². The molecular formula is C16H14F3N7O. The van der Waals surface area contributed by atoms with E-state index < -0.39 is 12.1 Å². The predicted molar refractivity (Wildman–Crippen MR) is 93.2 cm³/mol. The smallest absolute Gasteiger partial charge is 0.368 e. The molecule has 0 aliphatic carbocycles. The third kappa shape index (κ3) is 5.15. The van der Waals surface area contributed by atoms with Crippen LogP contribution in [0.2, 0.25) is 0 Å². The van der Waals surface area contributed by atoms with Gasteiger partial charge in [0.05, 0.1) is 5.57 Å². The van der Waals surface area contributed by atoms with E-state index in [0.717, 1.165) is 0 Å². The predicted octanol–water partition coefficient (Wildman–Crippen LogP) is 2.08. The standard InChI is InChI=1S/C16H14F3N7O/c1-26(2)15-24-12(23-14(21)25-15)10(8-20)6-9-4-3-5-11(7-9)22-13(27)16(17,18)19/h3-7H,1-2H3,(H,22,27)(H2,21,23,24,25)/b10-6+. The maximum atomic E-state index is 12.4. The molecule has 0 fully saturated rings. The van der Waals surface area contributed by atoms with Crippen molar-refractivity contribution in [1.29, 1.82) is 5.26 Å². The van der Waals surface area contributed by atoms with Crippen LogP contribution in [-0.4, -0.2) is 41.1 Å². The molecule has 0 atom stereocenters. The summed E-state index contributed by atoms with van der Waals surface area (Å²) in [7, 11) is 3.36. The quantitative estimate of drug-likeness (QED) is 0.783. The van der Waals surface area contributed by atoms with Crippen LogP contribution in [0, 0.1) is 11.3 Å². The Bertz CT molecular complexity index is 932. The topological polar surface area (TPSA) is 121 Å². The summed E-state index contributed by atoms with van der Waals surface area (Å²) in [5.74, 6) is -1.93. The van der Waals surface area contributed by atoms with Crippen LogP contribution < -0.4 is 16.0 Å². The van der Waals surface area contributed by atoms with Crippen LogP contribution in [0.15, 0.2) is 24.3 Å². The van der Waals surface area contributed by atoms with Gasteiger partial charge in [0.15, 0.2) is 5.82 Å².